The highest BCUT2D eigenvalue weighted by Gasteiger charge is 2.19. The molecule has 0 aliphatic heterocycles. The largest absolute Gasteiger partial charge is 0.506 e. The Labute approximate surface area is 156 Å². The number of rotatable bonds is 4. The molecule has 0 heterocycles. The van der Waals surface area contributed by atoms with Gasteiger partial charge in [0.05, 0.1) is 11.3 Å². The van der Waals surface area contributed by atoms with E-state index in [0.717, 1.165) is 5.56 Å². The number of carbonyl (C=O) groups excluding carboxylic acids is 2. The van der Waals surface area contributed by atoms with E-state index in [-0.39, 0.29) is 28.3 Å². The molecule has 1 amide bonds. The third-order valence-electron chi connectivity index (χ3n) is 3.92. The molecule has 0 aliphatic rings. The van der Waals surface area contributed by atoms with Crippen LogP contribution in [0, 0.1) is 6.92 Å². The molecule has 0 bridgehead atoms. The Morgan fingerprint density at radius 3 is 2.23 bits per heavy atom. The Morgan fingerprint density at radius 1 is 0.923 bits per heavy atom. The predicted octanol–water partition coefficient (Wildman–Crippen LogP) is 4.84. The number of hydrogen-bond donors (Lipinski definition) is 2. The van der Waals surface area contributed by atoms with Crippen molar-refractivity contribution in [2.24, 2.45) is 0 Å². The van der Waals surface area contributed by atoms with Gasteiger partial charge in [-0.3, -0.25) is 9.59 Å². The van der Waals surface area contributed by atoms with Crippen molar-refractivity contribution in [2.75, 3.05) is 5.32 Å². The molecule has 0 aromatic heterocycles. The lowest BCUT2D eigenvalue weighted by atomic mass is 9.98. The van der Waals surface area contributed by atoms with Crippen LogP contribution in [0.25, 0.3) is 0 Å². The van der Waals surface area contributed by atoms with Gasteiger partial charge in [-0.05, 0) is 55.0 Å². The summed E-state index contributed by atoms with van der Waals surface area (Å²) in [6.45, 7) is 1.84. The highest BCUT2D eigenvalue weighted by Crippen LogP contribution is 2.25. The average Bonchev–Trinajstić information content (AvgIpc) is 2.64. The second-order valence-corrected chi connectivity index (χ2v) is 6.29. The Morgan fingerprint density at radius 2 is 1.58 bits per heavy atom. The van der Waals surface area contributed by atoms with E-state index in [1.807, 2.05) is 6.92 Å². The van der Waals surface area contributed by atoms with E-state index in [2.05, 4.69) is 5.32 Å². The molecule has 0 saturated heterocycles. The quantitative estimate of drug-likeness (QED) is 0.513. The fourth-order valence-corrected chi connectivity index (χ4v) is 2.70. The number of carbonyl (C=O) groups is 2. The van der Waals surface area contributed by atoms with E-state index in [9.17, 15) is 14.7 Å². The van der Waals surface area contributed by atoms with E-state index in [0.29, 0.717) is 10.6 Å². The van der Waals surface area contributed by atoms with Crippen LogP contribution in [-0.4, -0.2) is 16.8 Å². The van der Waals surface area contributed by atoms with Gasteiger partial charge >= 0.3 is 0 Å². The molecule has 0 radical (unpaired) electrons. The first-order valence-electron chi connectivity index (χ1n) is 7.96. The Kier molecular flexibility index (Phi) is 5.05. The minimum Gasteiger partial charge on any atom is -0.506 e. The smallest absolute Gasteiger partial charge is 0.256 e. The molecule has 5 heteroatoms. The number of phenols is 1. The lowest BCUT2D eigenvalue weighted by Crippen LogP contribution is -2.17. The molecular weight excluding hydrogens is 350 g/mol. The second-order valence-electron chi connectivity index (χ2n) is 5.86. The van der Waals surface area contributed by atoms with Gasteiger partial charge in [-0.15, -0.1) is 0 Å². The SMILES string of the molecule is Cc1ccc(NC(=O)c2ccccc2C(=O)c2ccc(Cl)cc2)c(O)c1. The van der Waals surface area contributed by atoms with Crippen LogP contribution in [0.15, 0.2) is 66.7 Å². The first-order valence-corrected chi connectivity index (χ1v) is 8.34. The summed E-state index contributed by atoms with van der Waals surface area (Å²) < 4.78 is 0. The number of anilines is 1. The van der Waals surface area contributed by atoms with Crippen LogP contribution in [0.4, 0.5) is 5.69 Å². The maximum Gasteiger partial charge on any atom is 0.256 e. The monoisotopic (exact) mass is 365 g/mol. The van der Waals surface area contributed by atoms with Gasteiger partial charge in [-0.2, -0.15) is 0 Å². The maximum atomic E-state index is 12.8. The highest BCUT2D eigenvalue weighted by atomic mass is 35.5. The van der Waals surface area contributed by atoms with Gasteiger partial charge in [0.1, 0.15) is 5.75 Å². The van der Waals surface area contributed by atoms with Gasteiger partial charge in [-0.1, -0.05) is 35.9 Å². The second kappa shape index (κ2) is 7.42. The first-order chi connectivity index (χ1) is 12.5. The van der Waals surface area contributed by atoms with Crippen molar-refractivity contribution in [2.45, 2.75) is 6.92 Å². The zero-order valence-electron chi connectivity index (χ0n) is 14.0. The minimum absolute atomic E-state index is 0.0279. The third-order valence-corrected chi connectivity index (χ3v) is 4.18. The molecule has 0 fully saturated rings. The van der Waals surface area contributed by atoms with Crippen LogP contribution in [0.2, 0.25) is 5.02 Å². The van der Waals surface area contributed by atoms with Crippen molar-refractivity contribution in [3.63, 3.8) is 0 Å². The third kappa shape index (κ3) is 3.76. The average molecular weight is 366 g/mol. The molecule has 0 spiro atoms. The van der Waals surface area contributed by atoms with Crippen LogP contribution in [0.1, 0.15) is 31.8 Å². The zero-order valence-corrected chi connectivity index (χ0v) is 14.7. The number of benzene rings is 3. The summed E-state index contributed by atoms with van der Waals surface area (Å²) in [4.78, 5) is 25.4. The van der Waals surface area contributed by atoms with Gasteiger partial charge in [0.2, 0.25) is 0 Å². The maximum absolute atomic E-state index is 12.8. The lowest BCUT2D eigenvalue weighted by Gasteiger charge is -2.11. The summed E-state index contributed by atoms with van der Waals surface area (Å²) in [6, 6.07) is 18.0. The summed E-state index contributed by atoms with van der Waals surface area (Å²) in [5.74, 6) is -0.775. The molecule has 3 aromatic rings. The molecule has 4 nitrogen and oxygen atoms in total. The van der Waals surface area contributed by atoms with Crippen LogP contribution in [0.5, 0.6) is 5.75 Å². The fourth-order valence-electron chi connectivity index (χ4n) is 2.57. The Bertz CT molecular complexity index is 981. The van der Waals surface area contributed by atoms with E-state index < -0.39 is 5.91 Å². The summed E-state index contributed by atoms with van der Waals surface area (Å²) >= 11 is 5.86. The summed E-state index contributed by atoms with van der Waals surface area (Å²) in [6.07, 6.45) is 0. The number of aryl methyl sites for hydroxylation is 1. The summed E-state index contributed by atoms with van der Waals surface area (Å²) in [7, 11) is 0. The van der Waals surface area contributed by atoms with Crippen molar-refractivity contribution in [3.05, 3.63) is 94.0 Å². The molecule has 3 rings (SSSR count). The van der Waals surface area contributed by atoms with Crippen molar-refractivity contribution in [1.82, 2.24) is 0 Å². The molecule has 26 heavy (non-hydrogen) atoms. The molecule has 0 aliphatic carbocycles. The molecule has 2 N–H and O–H groups in total. The minimum atomic E-state index is -0.470. The Hall–Kier alpha value is -3.11. The summed E-state index contributed by atoms with van der Waals surface area (Å²) in [5.41, 5.74) is 2.10. The van der Waals surface area contributed by atoms with Gasteiger partial charge in [0, 0.05) is 16.1 Å². The molecular formula is C21H16ClNO3. The number of hydrogen-bond acceptors (Lipinski definition) is 3. The van der Waals surface area contributed by atoms with Gasteiger partial charge in [0.25, 0.3) is 5.91 Å². The molecule has 0 unspecified atom stereocenters. The Balaban J connectivity index is 1.92. The van der Waals surface area contributed by atoms with Crippen molar-refractivity contribution >= 4 is 29.0 Å². The molecule has 130 valence electrons. The number of nitrogens with one attached hydrogen (secondary N) is 1. The number of ketones is 1. The first kappa shape index (κ1) is 17.7. The van der Waals surface area contributed by atoms with Gasteiger partial charge < -0.3 is 10.4 Å². The predicted molar refractivity (Wildman–Crippen MR) is 102 cm³/mol. The molecule has 3 aromatic carbocycles. The van der Waals surface area contributed by atoms with E-state index in [1.165, 1.54) is 0 Å². The van der Waals surface area contributed by atoms with Crippen LogP contribution in [-0.2, 0) is 0 Å². The topological polar surface area (TPSA) is 66.4 Å². The van der Waals surface area contributed by atoms with E-state index >= 15 is 0 Å². The lowest BCUT2D eigenvalue weighted by molar-refractivity contribution is 0.0996. The highest BCUT2D eigenvalue weighted by molar-refractivity contribution is 6.30. The fraction of sp³-hybridized carbons (Fsp3) is 0.0476. The van der Waals surface area contributed by atoms with E-state index in [1.54, 1.807) is 66.7 Å². The summed E-state index contributed by atoms with van der Waals surface area (Å²) in [5, 5.41) is 13.2. The number of aromatic hydroxyl groups is 1. The number of amides is 1. The number of halogens is 1. The number of phenolic OH excluding ortho intramolecular Hbond substituents is 1. The van der Waals surface area contributed by atoms with Crippen molar-refractivity contribution in [3.8, 4) is 5.75 Å². The van der Waals surface area contributed by atoms with Gasteiger partial charge in [0.15, 0.2) is 5.78 Å². The zero-order chi connectivity index (χ0) is 18.7. The normalized spacial score (nSPS) is 10.4. The van der Waals surface area contributed by atoms with Crippen molar-refractivity contribution in [1.29, 1.82) is 0 Å². The standard InChI is InChI=1S/C21H16ClNO3/c1-13-6-11-18(19(24)12-13)23-21(26)17-5-3-2-4-16(17)20(25)14-7-9-15(22)10-8-14/h2-12,24H,1H3,(H,23,26). The van der Waals surface area contributed by atoms with Crippen molar-refractivity contribution < 1.29 is 14.7 Å². The van der Waals surface area contributed by atoms with Crippen LogP contribution in [0.3, 0.4) is 0 Å². The van der Waals surface area contributed by atoms with Crippen LogP contribution < -0.4 is 5.32 Å². The van der Waals surface area contributed by atoms with Gasteiger partial charge in [-0.25, -0.2) is 0 Å². The molecule has 0 saturated carbocycles. The van der Waals surface area contributed by atoms with E-state index in [4.69, 9.17) is 11.6 Å². The van der Waals surface area contributed by atoms with Crippen LogP contribution >= 0.6 is 11.6 Å². The molecule has 0 atom stereocenters.